The second-order valence-corrected chi connectivity index (χ2v) is 9.43. The van der Waals surface area contributed by atoms with Crippen LogP contribution in [0.5, 0.6) is 0 Å². The topological polar surface area (TPSA) is 68.9 Å². The molecule has 5 rings (SSSR count). The van der Waals surface area contributed by atoms with E-state index in [1.807, 2.05) is 18.5 Å². The first-order chi connectivity index (χ1) is 16.1. The number of nitrogens with zero attached hydrogens (tertiary/aromatic N) is 3. The summed E-state index contributed by atoms with van der Waals surface area (Å²) in [5.41, 5.74) is 4.31. The summed E-state index contributed by atoms with van der Waals surface area (Å²) in [4.78, 5) is 7.11. The van der Waals surface area contributed by atoms with Crippen LogP contribution in [0.4, 0.5) is 14.5 Å². The van der Waals surface area contributed by atoms with Crippen LogP contribution in [-0.2, 0) is 6.42 Å². The molecule has 0 spiro atoms. The maximum atomic E-state index is 14.9. The molecular weight excluding hydrogens is 422 g/mol. The number of H-pyrrole nitrogens is 1. The number of fused-ring (bicyclic) bond motifs is 3. The first-order valence-electron chi connectivity index (χ1n) is 11.9. The van der Waals surface area contributed by atoms with Gasteiger partial charge in [-0.1, -0.05) is 6.07 Å². The van der Waals surface area contributed by atoms with Gasteiger partial charge in [-0.2, -0.15) is 5.10 Å². The van der Waals surface area contributed by atoms with E-state index in [-0.39, 0.29) is 18.8 Å². The van der Waals surface area contributed by atoms with Crippen LogP contribution in [0.3, 0.4) is 0 Å². The van der Waals surface area contributed by atoms with Gasteiger partial charge in [-0.3, -0.25) is 19.4 Å². The maximum absolute atomic E-state index is 14.9. The minimum Gasteiger partial charge on any atom is -0.383 e. The fourth-order valence-corrected chi connectivity index (χ4v) is 4.90. The van der Waals surface area contributed by atoms with Crippen LogP contribution in [0, 0.1) is 0 Å². The van der Waals surface area contributed by atoms with Gasteiger partial charge in [-0.25, -0.2) is 4.39 Å². The lowest BCUT2D eigenvalue weighted by Crippen LogP contribution is -2.46. The Labute approximate surface area is 193 Å². The highest BCUT2D eigenvalue weighted by Gasteiger charge is 2.48. The zero-order valence-electron chi connectivity index (χ0n) is 19.1. The summed E-state index contributed by atoms with van der Waals surface area (Å²) >= 11 is 0. The number of hydrogen-bond donors (Lipinski definition) is 3. The molecule has 176 valence electrons. The molecule has 0 bridgehead atoms. The summed E-state index contributed by atoms with van der Waals surface area (Å²) < 4.78 is 27.1. The van der Waals surface area contributed by atoms with Crippen molar-refractivity contribution in [1.82, 2.24) is 25.4 Å². The highest BCUT2D eigenvalue weighted by molar-refractivity contribution is 5.83. The minimum absolute atomic E-state index is 0.0901. The predicted octanol–water partition coefficient (Wildman–Crippen LogP) is 4.16. The van der Waals surface area contributed by atoms with Crippen molar-refractivity contribution < 1.29 is 8.78 Å². The molecule has 3 aromatic rings. The fourth-order valence-electron chi connectivity index (χ4n) is 4.90. The molecule has 2 aliphatic rings. The number of aromatic amines is 1. The van der Waals surface area contributed by atoms with E-state index in [2.05, 4.69) is 50.9 Å². The first kappa shape index (κ1) is 22.2. The Hall–Kier alpha value is -2.58. The SMILES string of the molecule is C[C@@H]1Cc2c(ccc3[nH]ncc23)[C@@H](c2ccc(NCCNCCCF)cn2)N1CC1(F)CC1. The highest BCUT2D eigenvalue weighted by Crippen LogP contribution is 2.46. The van der Waals surface area contributed by atoms with Gasteiger partial charge < -0.3 is 10.6 Å². The Bertz CT molecular complexity index is 1080. The molecule has 6 nitrogen and oxygen atoms in total. The minimum atomic E-state index is -1.07. The number of benzene rings is 1. The number of rotatable bonds is 10. The Morgan fingerprint density at radius 3 is 2.79 bits per heavy atom. The van der Waals surface area contributed by atoms with Crippen molar-refractivity contribution >= 4 is 16.6 Å². The van der Waals surface area contributed by atoms with Gasteiger partial charge in [0.25, 0.3) is 0 Å². The Balaban J connectivity index is 1.39. The molecule has 1 aromatic carbocycles. The van der Waals surface area contributed by atoms with Crippen molar-refractivity contribution in [1.29, 1.82) is 0 Å². The molecule has 2 aromatic heterocycles. The maximum Gasteiger partial charge on any atom is 0.124 e. The second kappa shape index (κ2) is 9.35. The molecule has 8 heteroatoms. The van der Waals surface area contributed by atoms with E-state index < -0.39 is 5.67 Å². The van der Waals surface area contributed by atoms with Crippen molar-refractivity contribution in [3.8, 4) is 0 Å². The molecule has 0 unspecified atom stereocenters. The van der Waals surface area contributed by atoms with Crippen LogP contribution >= 0.6 is 0 Å². The molecule has 1 saturated carbocycles. The van der Waals surface area contributed by atoms with Gasteiger partial charge in [0, 0.05) is 31.1 Å². The zero-order valence-corrected chi connectivity index (χ0v) is 19.1. The van der Waals surface area contributed by atoms with Crippen molar-refractivity contribution in [2.24, 2.45) is 0 Å². The van der Waals surface area contributed by atoms with Gasteiger partial charge in [-0.05, 0) is 68.5 Å². The molecule has 1 aliphatic carbocycles. The molecule has 1 aliphatic heterocycles. The van der Waals surface area contributed by atoms with E-state index in [9.17, 15) is 8.78 Å². The van der Waals surface area contributed by atoms with Crippen molar-refractivity contribution in [3.63, 3.8) is 0 Å². The second-order valence-electron chi connectivity index (χ2n) is 9.43. The van der Waals surface area contributed by atoms with Crippen molar-refractivity contribution in [2.75, 3.05) is 38.2 Å². The van der Waals surface area contributed by atoms with Gasteiger partial charge in [-0.15, -0.1) is 0 Å². The lowest BCUT2D eigenvalue weighted by Gasteiger charge is -2.42. The molecule has 3 N–H and O–H groups in total. The number of pyridine rings is 1. The zero-order chi connectivity index (χ0) is 22.8. The Kier molecular flexibility index (Phi) is 6.29. The number of aromatic nitrogens is 3. The highest BCUT2D eigenvalue weighted by atomic mass is 19.1. The quantitative estimate of drug-likeness (QED) is 0.402. The van der Waals surface area contributed by atoms with E-state index in [1.54, 1.807) is 0 Å². The van der Waals surface area contributed by atoms with E-state index in [1.165, 1.54) is 11.1 Å². The summed E-state index contributed by atoms with van der Waals surface area (Å²) in [6.45, 7) is 4.53. The lowest BCUT2D eigenvalue weighted by atomic mass is 9.84. The molecule has 3 heterocycles. The predicted molar refractivity (Wildman–Crippen MR) is 127 cm³/mol. The van der Waals surface area contributed by atoms with E-state index in [0.29, 0.717) is 32.4 Å². The van der Waals surface area contributed by atoms with Gasteiger partial charge >= 0.3 is 0 Å². The molecule has 2 atom stereocenters. The summed E-state index contributed by atoms with van der Waals surface area (Å²) in [5, 5.41) is 15.0. The number of alkyl halides is 2. The third kappa shape index (κ3) is 4.73. The third-order valence-electron chi connectivity index (χ3n) is 6.91. The standard InChI is InChI=1S/C25H32F2N6/c1-17-13-20-19(4-6-22-21(20)15-31-32-22)24(33(17)16-25(27)7-8-25)23-5-3-18(14-30-23)29-12-11-28-10-2-9-26/h3-6,14-15,17,24,28-29H,2,7-13,16H2,1H3,(H,31,32)/t17-,24+/m1/s1. The molecule has 0 amide bonds. The normalized spacial score (nSPS) is 21.8. The van der Waals surface area contributed by atoms with Crippen LogP contribution in [0.1, 0.15) is 49.0 Å². The summed E-state index contributed by atoms with van der Waals surface area (Å²) in [6, 6.07) is 8.42. The van der Waals surface area contributed by atoms with Crippen LogP contribution in [0.2, 0.25) is 0 Å². The molecule has 0 saturated heterocycles. The van der Waals surface area contributed by atoms with Gasteiger partial charge in [0.05, 0.1) is 42.0 Å². The number of nitrogens with one attached hydrogen (secondary N) is 3. The summed E-state index contributed by atoms with van der Waals surface area (Å²) in [5.74, 6) is 0. The molecule has 0 radical (unpaired) electrons. The van der Waals surface area contributed by atoms with Crippen LogP contribution in [0.25, 0.3) is 10.9 Å². The van der Waals surface area contributed by atoms with Crippen LogP contribution in [0.15, 0.2) is 36.7 Å². The van der Waals surface area contributed by atoms with Crippen LogP contribution < -0.4 is 10.6 Å². The monoisotopic (exact) mass is 454 g/mol. The summed E-state index contributed by atoms with van der Waals surface area (Å²) in [7, 11) is 0. The first-order valence-corrected chi connectivity index (χ1v) is 11.9. The van der Waals surface area contributed by atoms with Gasteiger partial charge in [0.15, 0.2) is 0 Å². The average molecular weight is 455 g/mol. The number of hydrogen-bond acceptors (Lipinski definition) is 5. The molecular formula is C25H32F2N6. The Morgan fingerprint density at radius 2 is 2.03 bits per heavy atom. The molecule has 33 heavy (non-hydrogen) atoms. The fraction of sp³-hybridized carbons (Fsp3) is 0.520. The molecule has 1 fully saturated rings. The largest absolute Gasteiger partial charge is 0.383 e. The number of halogens is 2. The van der Waals surface area contributed by atoms with Crippen molar-refractivity contribution in [2.45, 2.75) is 50.4 Å². The Morgan fingerprint density at radius 1 is 1.15 bits per heavy atom. The summed E-state index contributed by atoms with van der Waals surface area (Å²) in [6.07, 6.45) is 6.45. The van der Waals surface area contributed by atoms with Crippen molar-refractivity contribution in [3.05, 3.63) is 53.5 Å². The number of anilines is 1. The lowest BCUT2D eigenvalue weighted by molar-refractivity contribution is 0.0968. The van der Waals surface area contributed by atoms with E-state index in [4.69, 9.17) is 4.98 Å². The van der Waals surface area contributed by atoms with Crippen LogP contribution in [-0.4, -0.2) is 64.6 Å². The van der Waals surface area contributed by atoms with E-state index >= 15 is 0 Å². The average Bonchev–Trinajstić information content (AvgIpc) is 3.34. The van der Waals surface area contributed by atoms with Gasteiger partial charge in [0.2, 0.25) is 0 Å². The van der Waals surface area contributed by atoms with Gasteiger partial charge in [0.1, 0.15) is 5.67 Å². The smallest absolute Gasteiger partial charge is 0.124 e. The van der Waals surface area contributed by atoms with E-state index in [0.717, 1.165) is 41.8 Å². The third-order valence-corrected chi connectivity index (χ3v) is 6.91.